The van der Waals surface area contributed by atoms with E-state index in [0.29, 0.717) is 38.6 Å². The lowest BCUT2D eigenvalue weighted by atomic mass is 10.1. The number of hydrogen-bond acceptors (Lipinski definition) is 15. The van der Waals surface area contributed by atoms with Crippen LogP contribution in [0.3, 0.4) is 0 Å². The van der Waals surface area contributed by atoms with Gasteiger partial charge >= 0.3 is 41.9 Å². The second-order valence-electron chi connectivity index (χ2n) is 22.5. The quantitative estimate of drug-likeness (QED) is 0.0317. The first kappa shape index (κ1) is 76.0. The molecule has 0 heterocycles. The van der Waals surface area contributed by atoms with E-state index in [0.717, 1.165) is 77.0 Å². The maximum atomic E-state index is 13.4. The Morgan fingerprint density at radius 2 is 0.550 bits per heavy atom. The van der Waals surface area contributed by atoms with Gasteiger partial charge in [-0.15, -0.1) is 0 Å². The van der Waals surface area contributed by atoms with Crippen molar-refractivity contribution >= 4 is 41.9 Å². The molecule has 0 atom stereocenters. The highest BCUT2D eigenvalue weighted by atomic mass is 16.6. The summed E-state index contributed by atoms with van der Waals surface area (Å²) >= 11 is 0. The van der Waals surface area contributed by atoms with E-state index in [-0.39, 0.29) is 122 Å². The third-order valence-electron chi connectivity index (χ3n) is 14.3. The zero-order valence-electron chi connectivity index (χ0n) is 51.9. The molecule has 0 aromatic rings. The second kappa shape index (κ2) is 56.9. The predicted octanol–water partition coefficient (Wildman–Crippen LogP) is 14.8. The first-order valence-electron chi connectivity index (χ1n) is 32.3. The number of ether oxygens (including phenoxy) is 7. The number of unbranched alkanes of at least 4 members (excludes halogenated alkanes) is 28. The van der Waals surface area contributed by atoms with E-state index in [1.807, 2.05) is 19.0 Å². The molecule has 0 unspecified atom stereocenters. The predicted molar refractivity (Wildman–Crippen MR) is 317 cm³/mol. The number of carbonyl (C=O) groups is 7. The molecule has 0 rings (SSSR count). The van der Waals surface area contributed by atoms with Crippen LogP contribution in [-0.2, 0) is 61.9 Å². The summed E-state index contributed by atoms with van der Waals surface area (Å²) in [6.45, 7) is 8.58. The summed E-state index contributed by atoms with van der Waals surface area (Å²) in [5.74, 6) is -3.97. The molecule has 0 fully saturated rings. The lowest BCUT2D eigenvalue weighted by Gasteiger charge is -2.23. The average molecular weight is 1140 g/mol. The summed E-state index contributed by atoms with van der Waals surface area (Å²) in [6, 6.07) is 0. The molecule has 0 aliphatic rings. The average Bonchev–Trinajstić information content (AvgIpc) is 3.43. The standard InChI is InChI=1S/C64H118N2O14/c1-7-11-15-19-23-27-31-35-40-58(67)77-52-56(53-78-59(68)41-36-32-28-24-20-16-12-8-2)50-62(71)74-48-45-66(64(73)76-47-39-44-65(5)6)46-49-75-63(72)51-57(54-79-60(69)42-37-33-29-25-21-17-13-9-3)55-80-61(70)43-38-34-30-26-22-18-14-10-4/h56-57H,7-55H2,1-6H3. The van der Waals surface area contributed by atoms with Gasteiger partial charge in [-0.05, 0) is 46.2 Å². The Hall–Kier alpha value is -3.95. The number of nitrogens with zero attached hydrogens (tertiary/aromatic N) is 2. The van der Waals surface area contributed by atoms with Crippen molar-refractivity contribution in [2.24, 2.45) is 11.8 Å². The van der Waals surface area contributed by atoms with Crippen LogP contribution < -0.4 is 0 Å². The molecule has 0 aromatic carbocycles. The largest absolute Gasteiger partial charge is 0.465 e. The molecule has 468 valence electrons. The Morgan fingerprint density at radius 1 is 0.287 bits per heavy atom. The van der Waals surface area contributed by atoms with Crippen LogP contribution in [0.25, 0.3) is 0 Å². The van der Waals surface area contributed by atoms with Crippen molar-refractivity contribution in [1.82, 2.24) is 9.80 Å². The van der Waals surface area contributed by atoms with Gasteiger partial charge in [-0.1, -0.05) is 207 Å². The van der Waals surface area contributed by atoms with Crippen molar-refractivity contribution in [1.29, 1.82) is 0 Å². The van der Waals surface area contributed by atoms with Gasteiger partial charge in [-0.25, -0.2) is 4.79 Å². The number of esters is 6. The van der Waals surface area contributed by atoms with Gasteiger partial charge in [-0.2, -0.15) is 0 Å². The number of carbonyl (C=O) groups excluding carboxylic acids is 7. The number of rotatable bonds is 58. The first-order valence-corrected chi connectivity index (χ1v) is 32.3. The number of hydrogen-bond donors (Lipinski definition) is 0. The molecule has 0 radical (unpaired) electrons. The zero-order valence-corrected chi connectivity index (χ0v) is 51.9. The van der Waals surface area contributed by atoms with Gasteiger partial charge in [0.15, 0.2) is 0 Å². The first-order chi connectivity index (χ1) is 38.8. The van der Waals surface area contributed by atoms with E-state index in [2.05, 4.69) is 27.7 Å². The molecule has 0 saturated heterocycles. The molecule has 0 spiro atoms. The van der Waals surface area contributed by atoms with Gasteiger partial charge in [-0.3, -0.25) is 28.8 Å². The van der Waals surface area contributed by atoms with Crippen LogP contribution in [-0.4, -0.2) is 132 Å². The molecule has 1 amide bonds. The Bertz CT molecular complexity index is 1360. The number of amides is 1. The van der Waals surface area contributed by atoms with Gasteiger partial charge in [0.05, 0.1) is 59.0 Å². The van der Waals surface area contributed by atoms with Crippen molar-refractivity contribution in [2.75, 3.05) is 80.0 Å². The highest BCUT2D eigenvalue weighted by molar-refractivity contribution is 5.73. The third-order valence-corrected chi connectivity index (χ3v) is 14.3. The lowest BCUT2D eigenvalue weighted by molar-refractivity contribution is -0.155. The second-order valence-corrected chi connectivity index (χ2v) is 22.5. The van der Waals surface area contributed by atoms with Crippen LogP contribution in [0.2, 0.25) is 0 Å². The Labute approximate surface area is 486 Å². The summed E-state index contributed by atoms with van der Waals surface area (Å²) < 4.78 is 39.1. The summed E-state index contributed by atoms with van der Waals surface area (Å²) in [7, 11) is 3.83. The molecular weight excluding hydrogens is 1020 g/mol. The lowest BCUT2D eigenvalue weighted by Crippen LogP contribution is -2.38. The summed E-state index contributed by atoms with van der Waals surface area (Å²) in [5, 5.41) is 0. The van der Waals surface area contributed by atoms with Gasteiger partial charge < -0.3 is 43.0 Å². The van der Waals surface area contributed by atoms with Crippen LogP contribution in [0, 0.1) is 11.8 Å². The minimum atomic E-state index is -0.676. The minimum absolute atomic E-state index is 0.0755. The van der Waals surface area contributed by atoms with Crippen LogP contribution in [0.1, 0.15) is 278 Å². The molecule has 0 aliphatic carbocycles. The van der Waals surface area contributed by atoms with Crippen LogP contribution in [0.15, 0.2) is 0 Å². The van der Waals surface area contributed by atoms with E-state index < -0.39 is 29.9 Å². The van der Waals surface area contributed by atoms with Crippen LogP contribution in [0.4, 0.5) is 4.79 Å². The SMILES string of the molecule is CCCCCCCCCCC(=O)OCC(COC(=O)CCCCCCCCCC)CC(=O)OCCN(CCOC(=O)CC(COC(=O)CCCCCCCCCC)COC(=O)CCCCCCCCCC)C(=O)OCCCN(C)C. The highest BCUT2D eigenvalue weighted by Gasteiger charge is 2.24. The van der Waals surface area contributed by atoms with Crippen LogP contribution >= 0.6 is 0 Å². The molecule has 80 heavy (non-hydrogen) atoms. The summed E-state index contributed by atoms with van der Waals surface area (Å²) in [4.78, 5) is 94.2. The van der Waals surface area contributed by atoms with E-state index in [1.165, 1.54) is 108 Å². The smallest absolute Gasteiger partial charge is 0.409 e. The topological polar surface area (TPSA) is 191 Å². The molecular formula is C64H118N2O14. The molecule has 16 nitrogen and oxygen atoms in total. The normalized spacial score (nSPS) is 11.3. The third kappa shape index (κ3) is 52.1. The fourth-order valence-electron chi connectivity index (χ4n) is 9.13. The van der Waals surface area contributed by atoms with Crippen molar-refractivity contribution in [3.8, 4) is 0 Å². The maximum Gasteiger partial charge on any atom is 0.409 e. The van der Waals surface area contributed by atoms with E-state index in [1.54, 1.807) is 0 Å². The molecule has 0 aliphatic heterocycles. The molecule has 0 aromatic heterocycles. The van der Waals surface area contributed by atoms with Crippen molar-refractivity contribution in [3.05, 3.63) is 0 Å². The van der Waals surface area contributed by atoms with Gasteiger partial charge in [0, 0.05) is 44.1 Å². The fourth-order valence-corrected chi connectivity index (χ4v) is 9.13. The van der Waals surface area contributed by atoms with E-state index >= 15 is 0 Å². The summed E-state index contributed by atoms with van der Waals surface area (Å²) in [5.41, 5.74) is 0. The van der Waals surface area contributed by atoms with Gasteiger partial charge in [0.25, 0.3) is 0 Å². The molecule has 16 heteroatoms. The molecule has 0 bridgehead atoms. The van der Waals surface area contributed by atoms with E-state index in [9.17, 15) is 33.6 Å². The molecule has 0 N–H and O–H groups in total. The van der Waals surface area contributed by atoms with Crippen LogP contribution in [0.5, 0.6) is 0 Å². The monoisotopic (exact) mass is 1140 g/mol. The van der Waals surface area contributed by atoms with Gasteiger partial charge in [0.1, 0.15) is 13.2 Å². The zero-order chi connectivity index (χ0) is 58.9. The van der Waals surface area contributed by atoms with E-state index in [4.69, 9.17) is 33.2 Å². The Kier molecular flexibility index (Phi) is 54.1. The van der Waals surface area contributed by atoms with Gasteiger partial charge in [0.2, 0.25) is 0 Å². The minimum Gasteiger partial charge on any atom is -0.465 e. The van der Waals surface area contributed by atoms with Crippen molar-refractivity contribution in [2.45, 2.75) is 278 Å². The highest BCUT2D eigenvalue weighted by Crippen LogP contribution is 2.17. The van der Waals surface area contributed by atoms with Crippen molar-refractivity contribution in [3.63, 3.8) is 0 Å². The Morgan fingerprint density at radius 3 is 0.812 bits per heavy atom. The summed E-state index contributed by atoms with van der Waals surface area (Å²) in [6.07, 6.45) is 35.6. The Balaban J connectivity index is 5.60. The maximum absolute atomic E-state index is 13.4. The fraction of sp³-hybridized carbons (Fsp3) is 0.891. The molecule has 0 saturated carbocycles. The van der Waals surface area contributed by atoms with Crippen molar-refractivity contribution < 1.29 is 66.7 Å².